The number of hydrogen-bond acceptors (Lipinski definition) is 4. The molecule has 1 spiro atoms. The highest BCUT2D eigenvalue weighted by molar-refractivity contribution is 7.89. The summed E-state index contributed by atoms with van der Waals surface area (Å²) in [5.41, 5.74) is -0.253. The molecule has 5 rings (SSSR count). The van der Waals surface area contributed by atoms with Crippen LogP contribution >= 0.6 is 0 Å². The van der Waals surface area contributed by atoms with Crippen molar-refractivity contribution in [3.8, 4) is 0 Å². The summed E-state index contributed by atoms with van der Waals surface area (Å²) in [7, 11) is -3.56. The molecule has 1 aliphatic heterocycles. The molecule has 2 aromatic rings. The SMILES string of the molecule is O=S(=O)(c1cccc2ccncc12)N1CCOC2(CC3CCC2C3)C1. The zero-order valence-corrected chi connectivity index (χ0v) is 14.9. The predicted molar refractivity (Wildman–Crippen MR) is 94.6 cm³/mol. The van der Waals surface area contributed by atoms with Crippen LogP contribution in [0.5, 0.6) is 0 Å². The van der Waals surface area contributed by atoms with Crippen LogP contribution in [0.25, 0.3) is 10.8 Å². The van der Waals surface area contributed by atoms with Gasteiger partial charge in [0.1, 0.15) is 0 Å². The lowest BCUT2D eigenvalue weighted by Crippen LogP contribution is -2.56. The van der Waals surface area contributed by atoms with Gasteiger partial charge in [-0.3, -0.25) is 4.98 Å². The van der Waals surface area contributed by atoms with Gasteiger partial charge < -0.3 is 4.74 Å². The number of aromatic nitrogens is 1. The summed E-state index contributed by atoms with van der Waals surface area (Å²) >= 11 is 0. The Kier molecular flexibility index (Phi) is 3.46. The molecule has 1 aromatic carbocycles. The van der Waals surface area contributed by atoms with Gasteiger partial charge in [0.15, 0.2) is 0 Å². The van der Waals surface area contributed by atoms with E-state index in [-0.39, 0.29) is 5.60 Å². The fourth-order valence-corrected chi connectivity index (χ4v) is 6.87. The summed E-state index contributed by atoms with van der Waals surface area (Å²) < 4.78 is 34.6. The van der Waals surface area contributed by atoms with Crippen molar-refractivity contribution in [2.75, 3.05) is 19.7 Å². The molecule has 2 aliphatic carbocycles. The summed E-state index contributed by atoms with van der Waals surface area (Å²) in [6, 6.07) is 7.28. The molecule has 0 N–H and O–H groups in total. The molecular weight excluding hydrogens is 336 g/mol. The number of rotatable bonds is 2. The lowest BCUT2D eigenvalue weighted by atomic mass is 9.83. The summed E-state index contributed by atoms with van der Waals surface area (Å²) in [6.07, 6.45) is 8.01. The first-order valence-electron chi connectivity index (χ1n) is 9.05. The second-order valence-corrected chi connectivity index (χ2v) is 9.59. The van der Waals surface area contributed by atoms with Crippen LogP contribution in [-0.4, -0.2) is 43.0 Å². The van der Waals surface area contributed by atoms with Crippen molar-refractivity contribution in [2.45, 2.75) is 36.2 Å². The van der Waals surface area contributed by atoms with E-state index >= 15 is 0 Å². The average Bonchev–Trinajstić information content (AvgIpc) is 3.22. The fourth-order valence-electron chi connectivity index (χ4n) is 5.19. The second-order valence-electron chi connectivity index (χ2n) is 7.68. The quantitative estimate of drug-likeness (QED) is 0.828. The van der Waals surface area contributed by atoms with E-state index in [1.807, 2.05) is 18.2 Å². The molecule has 3 unspecified atom stereocenters. The van der Waals surface area contributed by atoms with Crippen LogP contribution in [0.1, 0.15) is 25.7 Å². The topological polar surface area (TPSA) is 59.5 Å². The standard InChI is InChI=1S/C19H22N2O3S/c22-25(23,18-3-1-2-15-6-7-20-12-17(15)18)21-8-9-24-19(13-21)11-14-4-5-16(19)10-14/h1-3,6-7,12,14,16H,4-5,8-11,13H2. The van der Waals surface area contributed by atoms with E-state index in [1.54, 1.807) is 22.8 Å². The van der Waals surface area contributed by atoms with Gasteiger partial charge in [0.05, 0.1) is 17.1 Å². The number of hydrogen-bond donors (Lipinski definition) is 0. The summed E-state index contributed by atoms with van der Waals surface area (Å²) in [5.74, 6) is 1.24. The Labute approximate surface area is 148 Å². The third-order valence-electron chi connectivity index (χ3n) is 6.36. The molecule has 25 heavy (non-hydrogen) atoms. The minimum absolute atomic E-state index is 0.253. The van der Waals surface area contributed by atoms with Gasteiger partial charge in [-0.25, -0.2) is 8.42 Å². The molecule has 5 nitrogen and oxygen atoms in total. The largest absolute Gasteiger partial charge is 0.372 e. The number of pyridine rings is 1. The zero-order valence-electron chi connectivity index (χ0n) is 14.1. The van der Waals surface area contributed by atoms with Crippen molar-refractivity contribution in [2.24, 2.45) is 11.8 Å². The molecule has 1 aromatic heterocycles. The Morgan fingerprint density at radius 3 is 2.96 bits per heavy atom. The molecule has 3 fully saturated rings. The van der Waals surface area contributed by atoms with Crippen LogP contribution in [0.15, 0.2) is 41.6 Å². The summed E-state index contributed by atoms with van der Waals surface area (Å²) in [6.45, 7) is 1.41. The van der Waals surface area contributed by atoms with Gasteiger partial charge in [-0.2, -0.15) is 4.31 Å². The van der Waals surface area contributed by atoms with E-state index in [9.17, 15) is 8.42 Å². The van der Waals surface area contributed by atoms with E-state index in [0.717, 1.165) is 17.7 Å². The Balaban J connectivity index is 1.53. The van der Waals surface area contributed by atoms with E-state index in [0.29, 0.717) is 35.9 Å². The molecule has 3 aliphatic rings. The third-order valence-corrected chi connectivity index (χ3v) is 8.26. The smallest absolute Gasteiger partial charge is 0.243 e. The fraction of sp³-hybridized carbons (Fsp3) is 0.526. The normalized spacial score (nSPS) is 32.6. The highest BCUT2D eigenvalue weighted by Gasteiger charge is 2.55. The molecular formula is C19H22N2O3S. The monoisotopic (exact) mass is 358 g/mol. The predicted octanol–water partition coefficient (Wildman–Crippen LogP) is 2.81. The number of morpholine rings is 1. The van der Waals surface area contributed by atoms with Gasteiger partial charge in [-0.1, -0.05) is 12.1 Å². The highest BCUT2D eigenvalue weighted by atomic mass is 32.2. The second kappa shape index (κ2) is 5.50. The summed E-state index contributed by atoms with van der Waals surface area (Å²) in [5, 5.41) is 1.59. The van der Waals surface area contributed by atoms with Crippen LogP contribution in [0, 0.1) is 11.8 Å². The van der Waals surface area contributed by atoms with Crippen molar-refractivity contribution in [1.82, 2.24) is 9.29 Å². The summed E-state index contributed by atoms with van der Waals surface area (Å²) in [4.78, 5) is 4.49. The Morgan fingerprint density at radius 1 is 1.24 bits per heavy atom. The maximum atomic E-state index is 13.4. The molecule has 3 atom stereocenters. The molecule has 0 amide bonds. The van der Waals surface area contributed by atoms with Crippen LogP contribution in [0.4, 0.5) is 0 Å². The Hall–Kier alpha value is -1.50. The van der Waals surface area contributed by atoms with Gasteiger partial charge >= 0.3 is 0 Å². The lowest BCUT2D eigenvalue weighted by Gasteiger charge is -2.44. The van der Waals surface area contributed by atoms with Crippen LogP contribution in [-0.2, 0) is 14.8 Å². The zero-order chi connectivity index (χ0) is 17.1. The molecule has 2 heterocycles. The van der Waals surface area contributed by atoms with Crippen molar-refractivity contribution in [1.29, 1.82) is 0 Å². The van der Waals surface area contributed by atoms with Gasteiger partial charge in [0.25, 0.3) is 0 Å². The van der Waals surface area contributed by atoms with E-state index in [1.165, 1.54) is 19.3 Å². The minimum atomic E-state index is -3.56. The molecule has 0 radical (unpaired) electrons. The molecule has 2 saturated carbocycles. The van der Waals surface area contributed by atoms with E-state index < -0.39 is 10.0 Å². The minimum Gasteiger partial charge on any atom is -0.372 e. The van der Waals surface area contributed by atoms with Crippen molar-refractivity contribution < 1.29 is 13.2 Å². The average molecular weight is 358 g/mol. The third kappa shape index (κ3) is 2.34. The Morgan fingerprint density at radius 2 is 2.16 bits per heavy atom. The first kappa shape index (κ1) is 15.7. The number of benzene rings is 1. The number of fused-ring (bicyclic) bond motifs is 4. The number of sulfonamides is 1. The van der Waals surface area contributed by atoms with E-state index in [4.69, 9.17) is 4.74 Å². The van der Waals surface area contributed by atoms with Crippen molar-refractivity contribution in [3.63, 3.8) is 0 Å². The first-order valence-corrected chi connectivity index (χ1v) is 10.5. The lowest BCUT2D eigenvalue weighted by molar-refractivity contribution is -0.120. The van der Waals surface area contributed by atoms with Crippen molar-refractivity contribution in [3.05, 3.63) is 36.7 Å². The maximum Gasteiger partial charge on any atom is 0.243 e. The van der Waals surface area contributed by atoms with Crippen LogP contribution in [0.2, 0.25) is 0 Å². The first-order chi connectivity index (χ1) is 12.1. The molecule has 6 heteroatoms. The van der Waals surface area contributed by atoms with Gasteiger partial charge in [0.2, 0.25) is 10.0 Å². The highest BCUT2D eigenvalue weighted by Crippen LogP contribution is 2.54. The van der Waals surface area contributed by atoms with Gasteiger partial charge in [-0.05, 0) is 55.0 Å². The molecule has 1 saturated heterocycles. The van der Waals surface area contributed by atoms with E-state index in [2.05, 4.69) is 4.98 Å². The number of nitrogens with zero attached hydrogens (tertiary/aromatic N) is 2. The van der Waals surface area contributed by atoms with Gasteiger partial charge in [-0.15, -0.1) is 0 Å². The van der Waals surface area contributed by atoms with Crippen LogP contribution < -0.4 is 0 Å². The number of ether oxygens (including phenoxy) is 1. The van der Waals surface area contributed by atoms with Gasteiger partial charge in [0, 0.05) is 30.9 Å². The molecule has 2 bridgehead atoms. The molecule has 132 valence electrons. The Bertz CT molecular complexity index is 924. The van der Waals surface area contributed by atoms with Crippen LogP contribution in [0.3, 0.4) is 0 Å². The van der Waals surface area contributed by atoms with Crippen molar-refractivity contribution >= 4 is 20.8 Å². The maximum absolute atomic E-state index is 13.4.